The van der Waals surface area contributed by atoms with E-state index in [2.05, 4.69) is 11.8 Å². The van der Waals surface area contributed by atoms with Gasteiger partial charge in [-0.1, -0.05) is 25.6 Å². The lowest BCUT2D eigenvalue weighted by Gasteiger charge is -2.22. The maximum Gasteiger partial charge on any atom is 0.123 e. The van der Waals surface area contributed by atoms with E-state index in [9.17, 15) is 0 Å². The summed E-state index contributed by atoms with van der Waals surface area (Å²) in [5, 5.41) is 9.17. The van der Waals surface area contributed by atoms with Gasteiger partial charge < -0.3 is 15.6 Å². The minimum absolute atomic E-state index is 0.154. The predicted molar refractivity (Wildman–Crippen MR) is 86.2 cm³/mol. The average Bonchev–Trinajstić information content (AvgIpc) is 2.44. The molecule has 0 spiro atoms. The number of aliphatic hydroxyl groups excluding tert-OH is 1. The summed E-state index contributed by atoms with van der Waals surface area (Å²) in [7, 11) is 1.65. The third-order valence-electron chi connectivity index (χ3n) is 3.20. The molecule has 0 heterocycles. The largest absolute Gasteiger partial charge is 0.496 e. The highest BCUT2D eigenvalue weighted by molar-refractivity contribution is 7.80. The molecule has 0 aromatic heterocycles. The minimum atomic E-state index is 0.154. The topological polar surface area (TPSA) is 58.7 Å². The normalized spacial score (nSPS) is 10.8. The molecule has 0 unspecified atom stereocenters. The molecule has 0 bridgehead atoms. The fourth-order valence-electron chi connectivity index (χ4n) is 2.09. The van der Waals surface area contributed by atoms with Crippen molar-refractivity contribution in [1.29, 1.82) is 0 Å². The SMILES string of the molecule is CCCCN(CCO)Cc1cc(C(N)=S)ccc1OC. The lowest BCUT2D eigenvalue weighted by atomic mass is 10.1. The molecular formula is C15H24N2O2S. The van der Waals surface area contributed by atoms with Gasteiger partial charge in [-0.2, -0.15) is 0 Å². The van der Waals surface area contributed by atoms with Crippen molar-refractivity contribution in [3.05, 3.63) is 29.3 Å². The van der Waals surface area contributed by atoms with Crippen LogP contribution in [0.4, 0.5) is 0 Å². The molecule has 0 aliphatic rings. The van der Waals surface area contributed by atoms with Crippen molar-refractivity contribution in [2.24, 2.45) is 5.73 Å². The first-order chi connectivity index (χ1) is 9.62. The van der Waals surface area contributed by atoms with Crippen molar-refractivity contribution in [3.63, 3.8) is 0 Å². The Hall–Kier alpha value is -1.17. The van der Waals surface area contributed by atoms with Crippen molar-refractivity contribution < 1.29 is 9.84 Å². The molecule has 1 aromatic rings. The van der Waals surface area contributed by atoms with Gasteiger partial charge in [0.25, 0.3) is 0 Å². The van der Waals surface area contributed by atoms with Gasteiger partial charge in [-0.3, -0.25) is 4.90 Å². The molecule has 0 fully saturated rings. The summed E-state index contributed by atoms with van der Waals surface area (Å²) in [6.45, 7) is 4.64. The minimum Gasteiger partial charge on any atom is -0.496 e. The van der Waals surface area contributed by atoms with Crippen LogP contribution in [-0.4, -0.2) is 41.8 Å². The highest BCUT2D eigenvalue weighted by Gasteiger charge is 2.11. The van der Waals surface area contributed by atoms with Crippen LogP contribution in [0.25, 0.3) is 0 Å². The highest BCUT2D eigenvalue weighted by Crippen LogP contribution is 2.22. The van der Waals surface area contributed by atoms with Gasteiger partial charge in [0.15, 0.2) is 0 Å². The maximum absolute atomic E-state index is 9.17. The van der Waals surface area contributed by atoms with Crippen LogP contribution in [0.2, 0.25) is 0 Å². The van der Waals surface area contributed by atoms with E-state index in [1.807, 2.05) is 18.2 Å². The summed E-state index contributed by atoms with van der Waals surface area (Å²) >= 11 is 5.02. The molecule has 1 aromatic carbocycles. The van der Waals surface area contributed by atoms with Gasteiger partial charge in [0.2, 0.25) is 0 Å². The third-order valence-corrected chi connectivity index (χ3v) is 3.44. The zero-order chi connectivity index (χ0) is 15.0. The zero-order valence-electron chi connectivity index (χ0n) is 12.3. The van der Waals surface area contributed by atoms with E-state index < -0.39 is 0 Å². The molecule has 112 valence electrons. The average molecular weight is 296 g/mol. The van der Waals surface area contributed by atoms with Crippen molar-refractivity contribution in [3.8, 4) is 5.75 Å². The number of unbranched alkanes of at least 4 members (excludes halogenated alkanes) is 1. The van der Waals surface area contributed by atoms with Gasteiger partial charge in [-0.05, 0) is 31.2 Å². The number of thiocarbonyl (C=S) groups is 1. The lowest BCUT2D eigenvalue weighted by Crippen LogP contribution is -2.28. The Kier molecular flexibility index (Phi) is 7.51. The summed E-state index contributed by atoms with van der Waals surface area (Å²) < 4.78 is 5.39. The van der Waals surface area contributed by atoms with Crippen LogP contribution in [-0.2, 0) is 6.54 Å². The number of nitrogens with two attached hydrogens (primary N) is 1. The van der Waals surface area contributed by atoms with Gasteiger partial charge >= 0.3 is 0 Å². The first-order valence-electron chi connectivity index (χ1n) is 6.92. The van der Waals surface area contributed by atoms with Crippen molar-refractivity contribution in [1.82, 2.24) is 4.90 Å². The molecule has 0 amide bonds. The Bertz CT molecular complexity index is 438. The Balaban J connectivity index is 2.90. The monoisotopic (exact) mass is 296 g/mol. The molecule has 0 radical (unpaired) electrons. The molecule has 0 aliphatic heterocycles. The first-order valence-corrected chi connectivity index (χ1v) is 7.33. The van der Waals surface area contributed by atoms with Crippen LogP contribution >= 0.6 is 12.2 Å². The molecular weight excluding hydrogens is 272 g/mol. The fourth-order valence-corrected chi connectivity index (χ4v) is 2.22. The summed E-state index contributed by atoms with van der Waals surface area (Å²) in [6, 6.07) is 5.73. The Labute approximate surface area is 126 Å². The van der Waals surface area contributed by atoms with Crippen LogP contribution in [0.1, 0.15) is 30.9 Å². The maximum atomic E-state index is 9.17. The summed E-state index contributed by atoms with van der Waals surface area (Å²) in [4.78, 5) is 2.60. The third kappa shape index (κ3) is 5.07. The van der Waals surface area contributed by atoms with E-state index in [4.69, 9.17) is 27.8 Å². The Morgan fingerprint density at radius 3 is 2.70 bits per heavy atom. The molecule has 4 nitrogen and oxygen atoms in total. The highest BCUT2D eigenvalue weighted by atomic mass is 32.1. The van der Waals surface area contributed by atoms with Crippen molar-refractivity contribution in [2.45, 2.75) is 26.3 Å². The Morgan fingerprint density at radius 1 is 1.40 bits per heavy atom. The molecule has 0 atom stereocenters. The molecule has 3 N–H and O–H groups in total. The van der Waals surface area contributed by atoms with Gasteiger partial charge in [-0.25, -0.2) is 0 Å². The summed E-state index contributed by atoms with van der Waals surface area (Å²) in [5.74, 6) is 0.824. The number of methoxy groups -OCH3 is 1. The number of hydrogen-bond donors (Lipinski definition) is 2. The van der Waals surface area contributed by atoms with E-state index in [0.29, 0.717) is 11.5 Å². The van der Waals surface area contributed by atoms with Crippen molar-refractivity contribution >= 4 is 17.2 Å². The van der Waals surface area contributed by atoms with E-state index in [1.165, 1.54) is 0 Å². The molecule has 0 aliphatic carbocycles. The number of rotatable bonds is 9. The quantitative estimate of drug-likeness (QED) is 0.682. The molecule has 20 heavy (non-hydrogen) atoms. The fraction of sp³-hybridized carbons (Fsp3) is 0.533. The first kappa shape index (κ1) is 16.9. The summed E-state index contributed by atoms with van der Waals surface area (Å²) in [5.41, 5.74) is 7.57. The van der Waals surface area contributed by atoms with E-state index >= 15 is 0 Å². The van der Waals surface area contributed by atoms with Crippen LogP contribution in [0, 0.1) is 0 Å². The van der Waals surface area contributed by atoms with Crippen LogP contribution in [0.5, 0.6) is 5.75 Å². The standard InChI is InChI=1S/C15H24N2O2S/c1-3-4-7-17(8-9-18)11-13-10-12(15(16)20)5-6-14(13)19-2/h5-6,10,18H,3-4,7-9,11H2,1-2H3,(H2,16,20). The predicted octanol–water partition coefficient (Wildman–Crippen LogP) is 1.92. The van der Waals surface area contributed by atoms with E-state index in [0.717, 1.165) is 42.8 Å². The molecule has 1 rings (SSSR count). The second-order valence-corrected chi connectivity index (χ2v) is 5.18. The lowest BCUT2D eigenvalue weighted by molar-refractivity contribution is 0.187. The number of hydrogen-bond acceptors (Lipinski definition) is 4. The van der Waals surface area contributed by atoms with Gasteiger partial charge in [0.05, 0.1) is 13.7 Å². The molecule has 0 saturated heterocycles. The zero-order valence-corrected chi connectivity index (χ0v) is 13.1. The number of benzene rings is 1. The second-order valence-electron chi connectivity index (χ2n) is 4.74. The summed E-state index contributed by atoms with van der Waals surface area (Å²) in [6.07, 6.45) is 2.24. The smallest absolute Gasteiger partial charge is 0.123 e. The van der Waals surface area contributed by atoms with Crippen molar-refractivity contribution in [2.75, 3.05) is 26.8 Å². The number of nitrogens with zero attached hydrogens (tertiary/aromatic N) is 1. The van der Waals surface area contributed by atoms with Crippen LogP contribution in [0.3, 0.4) is 0 Å². The van der Waals surface area contributed by atoms with E-state index in [1.54, 1.807) is 7.11 Å². The number of ether oxygens (including phenoxy) is 1. The van der Waals surface area contributed by atoms with Crippen LogP contribution < -0.4 is 10.5 Å². The van der Waals surface area contributed by atoms with E-state index in [-0.39, 0.29) is 6.61 Å². The van der Waals surface area contributed by atoms with Gasteiger partial charge in [-0.15, -0.1) is 0 Å². The number of aliphatic hydroxyl groups is 1. The van der Waals surface area contributed by atoms with Gasteiger partial charge in [0, 0.05) is 24.2 Å². The molecule has 0 saturated carbocycles. The van der Waals surface area contributed by atoms with Crippen LogP contribution in [0.15, 0.2) is 18.2 Å². The second kappa shape index (κ2) is 8.89. The molecule has 5 heteroatoms. The van der Waals surface area contributed by atoms with Gasteiger partial charge in [0.1, 0.15) is 10.7 Å². The Morgan fingerprint density at radius 2 is 2.15 bits per heavy atom.